The number of hydrogen-bond donors (Lipinski definition) is 0. The Hall–Kier alpha value is -4.05. The van der Waals surface area contributed by atoms with Gasteiger partial charge < -0.3 is 14.3 Å². The summed E-state index contributed by atoms with van der Waals surface area (Å²) in [4.78, 5) is 4.22. The number of nitrogens with zero attached hydrogens (tertiary/aromatic N) is 3. The van der Waals surface area contributed by atoms with Gasteiger partial charge in [-0.15, -0.1) is 47.5 Å². The van der Waals surface area contributed by atoms with E-state index in [1.807, 2.05) is 42.5 Å². The number of aromatic nitrogens is 3. The molecule has 0 amide bonds. The van der Waals surface area contributed by atoms with E-state index in [9.17, 15) is 0 Å². The number of benzene rings is 4. The second-order valence-electron chi connectivity index (χ2n) is 15.2. The molecule has 0 spiro atoms. The molecule has 0 atom stereocenters. The molecule has 1 aliphatic carbocycles. The molecule has 0 saturated carbocycles. The van der Waals surface area contributed by atoms with Crippen LogP contribution in [0.3, 0.4) is 0 Å². The van der Waals surface area contributed by atoms with Gasteiger partial charge in [0.1, 0.15) is 11.3 Å². The van der Waals surface area contributed by atoms with Crippen LogP contribution in [0.5, 0.6) is 11.5 Å². The first-order chi connectivity index (χ1) is 22.9. The molecule has 0 unspecified atom stereocenters. The van der Waals surface area contributed by atoms with Crippen LogP contribution < -0.4 is 9.30 Å². The Morgan fingerprint density at radius 1 is 0.796 bits per heavy atom. The number of pyridine rings is 1. The van der Waals surface area contributed by atoms with Gasteiger partial charge in [-0.3, -0.25) is 4.57 Å². The zero-order valence-electron chi connectivity index (χ0n) is 29.8. The van der Waals surface area contributed by atoms with Crippen molar-refractivity contribution in [2.75, 3.05) is 0 Å². The van der Waals surface area contributed by atoms with Crippen LogP contribution in [0.1, 0.15) is 102 Å². The SMILES string of the molecule is CC(C)c1cc(C(C)C)cc(-n2[c-][n+]3c4c(cccc42)Oc2cc4c([c-]c2-3)C(C)(C)CCC4(C)C)c1.[Ir+3].[c-]1ccccc1-c1ccccn1. The average Bonchev–Trinajstić information content (AvgIpc) is 3.48. The van der Waals surface area contributed by atoms with Gasteiger partial charge in [-0.2, -0.15) is 11.6 Å². The van der Waals surface area contributed by atoms with Crippen molar-refractivity contribution in [3.63, 3.8) is 0 Å². The summed E-state index contributed by atoms with van der Waals surface area (Å²) in [6.07, 6.45) is 7.83. The van der Waals surface area contributed by atoms with Gasteiger partial charge in [-0.25, -0.2) is 0 Å². The Balaban J connectivity index is 0.000000270. The molecule has 2 aromatic heterocycles. The minimum atomic E-state index is 0. The van der Waals surface area contributed by atoms with Crippen LogP contribution >= 0.6 is 0 Å². The third-order valence-electron chi connectivity index (χ3n) is 10.1. The van der Waals surface area contributed by atoms with Gasteiger partial charge in [0.05, 0.1) is 11.2 Å². The van der Waals surface area contributed by atoms with E-state index < -0.39 is 0 Å². The quantitative estimate of drug-likeness (QED) is 0.131. The maximum atomic E-state index is 6.56. The second kappa shape index (κ2) is 13.3. The normalized spacial score (nSPS) is 15.1. The van der Waals surface area contributed by atoms with Crippen LogP contribution in [0.4, 0.5) is 0 Å². The van der Waals surface area contributed by atoms with E-state index in [0.717, 1.165) is 51.6 Å². The molecule has 1 aliphatic heterocycles. The van der Waals surface area contributed by atoms with Crippen molar-refractivity contribution in [1.82, 2.24) is 9.55 Å². The topological polar surface area (TPSA) is 30.9 Å². The van der Waals surface area contributed by atoms with E-state index in [4.69, 9.17) is 4.74 Å². The van der Waals surface area contributed by atoms with E-state index in [2.05, 4.69) is 130 Å². The summed E-state index contributed by atoms with van der Waals surface area (Å²) < 4.78 is 10.9. The standard InChI is InChI=1S/C33H37N2O.C11H8N.Ir/c1-20(2)22-14-23(21(3)4)16-24(15-22)34-19-35-28-17-25-26(33(7,8)13-12-32(25,5)6)18-30(28)36-29-11-9-10-27(34)31(29)35;1-2-6-10(7-3-1)11-8-4-5-9-12-11;/h9-11,14-16,18,20-21H,12-13H2,1-8H3;1-6,8-9H;/q2*-1;+3. The first kappa shape index (κ1) is 34.8. The van der Waals surface area contributed by atoms with E-state index in [-0.39, 0.29) is 30.9 Å². The van der Waals surface area contributed by atoms with Crippen molar-refractivity contribution in [3.05, 3.63) is 132 Å². The fourth-order valence-corrected chi connectivity index (χ4v) is 6.92. The molecule has 5 heteroatoms. The molecular weight excluding hydrogens is 779 g/mol. The van der Waals surface area contributed by atoms with Gasteiger partial charge in [0.2, 0.25) is 0 Å². The smallest absolute Gasteiger partial charge is 0.523 e. The van der Waals surface area contributed by atoms with Crippen LogP contribution in [-0.2, 0) is 30.9 Å². The minimum absolute atomic E-state index is 0. The van der Waals surface area contributed by atoms with Gasteiger partial charge >= 0.3 is 20.1 Å². The first-order valence-corrected chi connectivity index (χ1v) is 17.2. The molecule has 4 nitrogen and oxygen atoms in total. The fraction of sp³-hybridized carbons (Fsp3) is 0.318. The third kappa shape index (κ3) is 6.52. The number of para-hydroxylation sites is 1. The largest absolute Gasteiger partial charge is 3.00 e. The summed E-state index contributed by atoms with van der Waals surface area (Å²) in [7, 11) is 0. The van der Waals surface area contributed by atoms with E-state index in [1.165, 1.54) is 28.7 Å². The monoisotopic (exact) mass is 824 g/mol. The second-order valence-corrected chi connectivity index (χ2v) is 15.2. The van der Waals surface area contributed by atoms with E-state index >= 15 is 0 Å². The predicted octanol–water partition coefficient (Wildman–Crippen LogP) is 10.8. The Morgan fingerprint density at radius 3 is 2.16 bits per heavy atom. The maximum Gasteiger partial charge on any atom is 3.00 e. The van der Waals surface area contributed by atoms with Crippen molar-refractivity contribution in [1.29, 1.82) is 0 Å². The van der Waals surface area contributed by atoms with Gasteiger partial charge in [0.15, 0.2) is 0 Å². The molecule has 2 aliphatic rings. The summed E-state index contributed by atoms with van der Waals surface area (Å²) in [5.41, 5.74) is 11.8. The van der Waals surface area contributed by atoms with Gasteiger partial charge in [0, 0.05) is 11.9 Å². The number of fused-ring (bicyclic) bond motifs is 3. The third-order valence-corrected chi connectivity index (χ3v) is 10.1. The number of rotatable bonds is 4. The van der Waals surface area contributed by atoms with Crippen LogP contribution in [0.15, 0.2) is 91.1 Å². The predicted molar refractivity (Wildman–Crippen MR) is 195 cm³/mol. The average molecular weight is 824 g/mol. The molecule has 0 fully saturated rings. The zero-order chi connectivity index (χ0) is 33.8. The molecule has 49 heavy (non-hydrogen) atoms. The number of imidazole rings is 1. The van der Waals surface area contributed by atoms with Gasteiger partial charge in [-0.1, -0.05) is 97.6 Å². The van der Waals surface area contributed by atoms with Crippen LogP contribution in [0.25, 0.3) is 33.7 Å². The van der Waals surface area contributed by atoms with Gasteiger partial charge in [-0.05, 0) is 70.4 Å². The molecule has 4 aromatic carbocycles. The molecule has 0 bridgehead atoms. The summed E-state index contributed by atoms with van der Waals surface area (Å²) >= 11 is 0. The maximum absolute atomic E-state index is 6.56. The first-order valence-electron chi connectivity index (χ1n) is 17.2. The van der Waals surface area contributed by atoms with Crippen LogP contribution in [0.2, 0.25) is 0 Å². The molecule has 0 N–H and O–H groups in total. The van der Waals surface area contributed by atoms with Crippen LogP contribution in [-0.4, -0.2) is 9.55 Å². The van der Waals surface area contributed by atoms with Crippen molar-refractivity contribution in [2.45, 2.75) is 90.9 Å². The molecule has 6 aromatic rings. The molecule has 250 valence electrons. The van der Waals surface area contributed by atoms with Crippen molar-refractivity contribution >= 4 is 11.0 Å². The van der Waals surface area contributed by atoms with Crippen molar-refractivity contribution < 1.29 is 29.4 Å². The number of hydrogen-bond acceptors (Lipinski definition) is 2. The van der Waals surface area contributed by atoms with Gasteiger partial charge in [0.25, 0.3) is 6.33 Å². The van der Waals surface area contributed by atoms with Crippen molar-refractivity contribution in [3.8, 4) is 34.1 Å². The Bertz CT molecular complexity index is 2050. The molecule has 0 radical (unpaired) electrons. The Labute approximate surface area is 305 Å². The van der Waals surface area contributed by atoms with E-state index in [0.29, 0.717) is 11.8 Å². The van der Waals surface area contributed by atoms with E-state index in [1.54, 1.807) is 6.20 Å². The Kier molecular flexibility index (Phi) is 9.48. The minimum Gasteiger partial charge on any atom is -0.523 e. The van der Waals surface area contributed by atoms with Crippen LogP contribution in [0, 0.1) is 18.5 Å². The molecule has 3 heterocycles. The molecule has 0 saturated heterocycles. The van der Waals surface area contributed by atoms with Crippen molar-refractivity contribution in [2.24, 2.45) is 0 Å². The number of ether oxygens (including phenoxy) is 1. The fourth-order valence-electron chi connectivity index (χ4n) is 6.92. The summed E-state index contributed by atoms with van der Waals surface area (Å²) in [5, 5.41) is 0. The Morgan fingerprint density at radius 2 is 1.51 bits per heavy atom. The zero-order valence-corrected chi connectivity index (χ0v) is 32.2. The molecule has 8 rings (SSSR count). The summed E-state index contributed by atoms with van der Waals surface area (Å²) in [5.74, 6) is 2.66. The summed E-state index contributed by atoms with van der Waals surface area (Å²) in [6.45, 7) is 18.4. The molecular formula is C44H45IrN3O+. The summed E-state index contributed by atoms with van der Waals surface area (Å²) in [6, 6.07) is 36.2.